The summed E-state index contributed by atoms with van der Waals surface area (Å²) in [7, 11) is 5.60. The monoisotopic (exact) mass is 379 g/mol. The molecule has 0 spiro atoms. The van der Waals surface area contributed by atoms with Gasteiger partial charge >= 0.3 is 0 Å². The molecule has 0 saturated heterocycles. The lowest BCUT2D eigenvalue weighted by molar-refractivity contribution is 0.392. The zero-order valence-corrected chi connectivity index (χ0v) is 16.5. The number of fused-ring (bicyclic) bond motifs is 1. The maximum atomic E-state index is 13.9. The van der Waals surface area contributed by atoms with E-state index in [2.05, 4.69) is 26.7 Å². The summed E-state index contributed by atoms with van der Waals surface area (Å²) >= 11 is 0. The van der Waals surface area contributed by atoms with Crippen LogP contribution in [0.3, 0.4) is 0 Å². The van der Waals surface area contributed by atoms with Crippen molar-refractivity contribution in [2.24, 2.45) is 4.99 Å². The topological polar surface area (TPSA) is 52.6 Å². The number of hydrogen-bond donors (Lipinski definition) is 2. The molecule has 2 N–H and O–H groups in total. The molecule has 1 heterocycles. The normalized spacial score (nSPS) is 11.8. The Labute approximate surface area is 165 Å². The molecule has 6 heteroatoms. The molecule has 28 heavy (non-hydrogen) atoms. The third-order valence-corrected chi connectivity index (χ3v) is 4.47. The van der Waals surface area contributed by atoms with Crippen LogP contribution in [0.25, 0.3) is 10.9 Å². The zero-order valence-electron chi connectivity index (χ0n) is 16.5. The van der Waals surface area contributed by atoms with E-state index in [1.165, 1.54) is 6.07 Å². The summed E-state index contributed by atoms with van der Waals surface area (Å²) < 4.78 is 13.9. The summed E-state index contributed by atoms with van der Waals surface area (Å²) in [5, 5.41) is 7.75. The highest BCUT2D eigenvalue weighted by atomic mass is 19.1. The molecule has 146 valence electrons. The molecule has 1 aromatic heterocycles. The van der Waals surface area contributed by atoms with Crippen LogP contribution in [0.1, 0.15) is 16.7 Å². The Morgan fingerprint density at radius 3 is 2.61 bits per heavy atom. The van der Waals surface area contributed by atoms with E-state index >= 15 is 0 Å². The molecule has 0 aliphatic rings. The second-order valence-corrected chi connectivity index (χ2v) is 6.93. The predicted octanol–water partition coefficient (Wildman–Crippen LogP) is 3.30. The summed E-state index contributed by atoms with van der Waals surface area (Å²) in [4.78, 5) is 10.6. The first-order valence-electron chi connectivity index (χ1n) is 9.26. The van der Waals surface area contributed by atoms with Gasteiger partial charge < -0.3 is 15.5 Å². The highest BCUT2D eigenvalue weighted by Gasteiger charge is 2.07. The molecule has 0 aliphatic carbocycles. The number of para-hydroxylation sites is 1. The number of rotatable bonds is 6. The Bertz CT molecular complexity index is 963. The van der Waals surface area contributed by atoms with Crippen LogP contribution >= 0.6 is 0 Å². The van der Waals surface area contributed by atoms with Gasteiger partial charge in [0, 0.05) is 43.8 Å². The van der Waals surface area contributed by atoms with E-state index in [0.29, 0.717) is 31.2 Å². The van der Waals surface area contributed by atoms with E-state index in [9.17, 15) is 4.39 Å². The molecule has 3 aromatic rings. The third kappa shape index (κ3) is 5.04. The minimum atomic E-state index is -0.176. The van der Waals surface area contributed by atoms with Crippen molar-refractivity contribution < 1.29 is 4.39 Å². The zero-order chi connectivity index (χ0) is 19.9. The lowest BCUT2D eigenvalue weighted by Gasteiger charge is -2.15. The van der Waals surface area contributed by atoms with Crippen LogP contribution in [0.5, 0.6) is 0 Å². The van der Waals surface area contributed by atoms with Crippen LogP contribution in [0.2, 0.25) is 0 Å². The Balaban J connectivity index is 1.62. The van der Waals surface area contributed by atoms with Crippen molar-refractivity contribution in [1.29, 1.82) is 0 Å². The number of halogens is 1. The van der Waals surface area contributed by atoms with Crippen LogP contribution in [-0.2, 0) is 19.6 Å². The van der Waals surface area contributed by atoms with Gasteiger partial charge in [-0.3, -0.25) is 9.98 Å². The molecule has 0 bridgehead atoms. The van der Waals surface area contributed by atoms with Crippen molar-refractivity contribution in [1.82, 2.24) is 20.5 Å². The number of hydrogen-bond acceptors (Lipinski definition) is 3. The minimum absolute atomic E-state index is 0.176. The summed E-state index contributed by atoms with van der Waals surface area (Å²) in [6, 6.07) is 15.3. The SMILES string of the molecule is CN=C(NCc1ccc(F)c(CN(C)C)c1)NCc1ccnc2ccccc12. The van der Waals surface area contributed by atoms with E-state index < -0.39 is 0 Å². The van der Waals surface area contributed by atoms with Gasteiger partial charge in [0.25, 0.3) is 0 Å². The maximum Gasteiger partial charge on any atom is 0.191 e. The molecule has 3 rings (SSSR count). The van der Waals surface area contributed by atoms with Crippen molar-refractivity contribution in [2.75, 3.05) is 21.1 Å². The summed E-state index contributed by atoms with van der Waals surface area (Å²) in [6.07, 6.45) is 1.82. The predicted molar refractivity (Wildman–Crippen MR) is 113 cm³/mol. The van der Waals surface area contributed by atoms with Crippen LogP contribution in [0.15, 0.2) is 59.7 Å². The number of benzene rings is 2. The Kier molecular flexibility index (Phi) is 6.55. The Morgan fingerprint density at radius 1 is 1.04 bits per heavy atom. The largest absolute Gasteiger partial charge is 0.352 e. The van der Waals surface area contributed by atoms with Crippen molar-refractivity contribution in [3.05, 3.63) is 77.2 Å². The molecule has 0 radical (unpaired) electrons. The van der Waals surface area contributed by atoms with Crippen molar-refractivity contribution in [3.63, 3.8) is 0 Å². The third-order valence-electron chi connectivity index (χ3n) is 4.47. The average Bonchev–Trinajstić information content (AvgIpc) is 2.70. The number of nitrogens with one attached hydrogen (secondary N) is 2. The van der Waals surface area contributed by atoms with E-state index in [0.717, 1.165) is 22.0 Å². The summed E-state index contributed by atoms with van der Waals surface area (Å²) in [5.41, 5.74) is 3.83. The van der Waals surface area contributed by atoms with E-state index in [-0.39, 0.29) is 5.82 Å². The lowest BCUT2D eigenvalue weighted by atomic mass is 10.1. The van der Waals surface area contributed by atoms with Gasteiger partial charge in [0.1, 0.15) is 5.82 Å². The lowest BCUT2D eigenvalue weighted by Crippen LogP contribution is -2.36. The molecule has 5 nitrogen and oxygen atoms in total. The van der Waals surface area contributed by atoms with Gasteiger partial charge in [-0.25, -0.2) is 4.39 Å². The van der Waals surface area contributed by atoms with E-state index in [4.69, 9.17) is 0 Å². The van der Waals surface area contributed by atoms with Gasteiger partial charge in [-0.15, -0.1) is 0 Å². The maximum absolute atomic E-state index is 13.9. The van der Waals surface area contributed by atoms with Crippen molar-refractivity contribution in [3.8, 4) is 0 Å². The molecule has 0 amide bonds. The standard InChI is InChI=1S/C22H26FN5/c1-24-22(26-13-16-8-9-20(23)18(12-16)15-28(2)3)27-14-17-10-11-25-21-7-5-4-6-19(17)21/h4-12H,13-15H2,1-3H3,(H2,24,26,27). The highest BCUT2D eigenvalue weighted by molar-refractivity contribution is 5.83. The van der Waals surface area contributed by atoms with Gasteiger partial charge in [0.05, 0.1) is 5.52 Å². The van der Waals surface area contributed by atoms with Gasteiger partial charge in [0.2, 0.25) is 0 Å². The van der Waals surface area contributed by atoms with Crippen LogP contribution in [0.4, 0.5) is 4.39 Å². The van der Waals surface area contributed by atoms with Gasteiger partial charge in [-0.05, 0) is 49.5 Å². The molecule has 2 aromatic carbocycles. The number of guanidine groups is 1. The Hall–Kier alpha value is -2.99. The molecule has 0 atom stereocenters. The molecular weight excluding hydrogens is 353 g/mol. The van der Waals surface area contributed by atoms with E-state index in [1.807, 2.05) is 55.5 Å². The van der Waals surface area contributed by atoms with Crippen LogP contribution in [-0.4, -0.2) is 37.0 Å². The first-order valence-corrected chi connectivity index (χ1v) is 9.26. The van der Waals surface area contributed by atoms with Crippen LogP contribution in [0, 0.1) is 5.82 Å². The first kappa shape index (κ1) is 19.8. The molecular formula is C22H26FN5. The second-order valence-electron chi connectivity index (χ2n) is 6.93. The fourth-order valence-electron chi connectivity index (χ4n) is 3.09. The van der Waals surface area contributed by atoms with Crippen molar-refractivity contribution in [2.45, 2.75) is 19.6 Å². The minimum Gasteiger partial charge on any atom is -0.352 e. The van der Waals surface area contributed by atoms with Gasteiger partial charge in [0.15, 0.2) is 5.96 Å². The highest BCUT2D eigenvalue weighted by Crippen LogP contribution is 2.16. The molecule has 0 unspecified atom stereocenters. The van der Waals surface area contributed by atoms with Gasteiger partial charge in [-0.2, -0.15) is 0 Å². The number of nitrogens with zero attached hydrogens (tertiary/aromatic N) is 3. The molecule has 0 aliphatic heterocycles. The average molecular weight is 379 g/mol. The summed E-state index contributed by atoms with van der Waals surface area (Å²) in [6.45, 7) is 1.78. The smallest absolute Gasteiger partial charge is 0.191 e. The molecule has 0 fully saturated rings. The van der Waals surface area contributed by atoms with Crippen molar-refractivity contribution >= 4 is 16.9 Å². The van der Waals surface area contributed by atoms with Crippen LogP contribution < -0.4 is 10.6 Å². The number of aliphatic imine (C=N–C) groups is 1. The first-order chi connectivity index (χ1) is 13.6. The number of pyridine rings is 1. The Morgan fingerprint density at radius 2 is 1.82 bits per heavy atom. The quantitative estimate of drug-likeness (QED) is 0.510. The van der Waals surface area contributed by atoms with Gasteiger partial charge in [-0.1, -0.05) is 24.3 Å². The molecule has 0 saturated carbocycles. The fourth-order valence-corrected chi connectivity index (χ4v) is 3.09. The van der Waals surface area contributed by atoms with E-state index in [1.54, 1.807) is 13.1 Å². The summed E-state index contributed by atoms with van der Waals surface area (Å²) in [5.74, 6) is 0.518. The number of aromatic nitrogens is 1. The second kappa shape index (κ2) is 9.28. The fraction of sp³-hybridized carbons (Fsp3) is 0.273.